The maximum absolute atomic E-state index is 13.4. The summed E-state index contributed by atoms with van der Waals surface area (Å²) in [4.78, 5) is 52.9. The Labute approximate surface area is 416 Å². The molecule has 0 saturated carbocycles. The minimum atomic E-state index is -0.971. The Bertz CT molecular complexity index is 1350. The van der Waals surface area contributed by atoms with E-state index < -0.39 is 67.3 Å². The van der Waals surface area contributed by atoms with Gasteiger partial charge in [0.1, 0.15) is 36.6 Å². The Hall–Kier alpha value is -2.48. The molecule has 4 amide bonds. The smallest absolute Gasteiger partial charge is 0.242 e. The van der Waals surface area contributed by atoms with Crippen molar-refractivity contribution in [1.82, 2.24) is 21.3 Å². The van der Waals surface area contributed by atoms with Crippen molar-refractivity contribution in [2.75, 3.05) is 68.9 Å². The third-order valence-corrected chi connectivity index (χ3v) is 13.6. The number of carbonyl (C=O) groups excluding carboxylic acids is 4. The van der Waals surface area contributed by atoms with Gasteiger partial charge in [-0.2, -0.15) is 0 Å². The summed E-state index contributed by atoms with van der Waals surface area (Å²) in [5, 5.41) is 11.7. The van der Waals surface area contributed by atoms with Gasteiger partial charge in [-0.1, -0.05) is 136 Å². The van der Waals surface area contributed by atoms with Gasteiger partial charge < -0.3 is 63.9 Å². The molecule has 2 heterocycles. The number of hydrogen-bond acceptors (Lipinski definition) is 13. The highest BCUT2D eigenvalue weighted by Gasteiger charge is 2.52. The van der Waals surface area contributed by atoms with E-state index in [1.807, 2.05) is 6.92 Å². The van der Waals surface area contributed by atoms with Gasteiger partial charge in [0, 0.05) is 87.5 Å². The first kappa shape index (κ1) is 62.6. The maximum atomic E-state index is 13.4. The van der Waals surface area contributed by atoms with Gasteiger partial charge in [-0.3, -0.25) is 19.2 Å². The molecule has 0 aromatic carbocycles. The first-order chi connectivity index (χ1) is 33.5. The van der Waals surface area contributed by atoms with Crippen LogP contribution in [-0.2, 0) is 61.8 Å². The number of ether oxygens (including phenoxy) is 9. The predicted octanol–water partition coefficient (Wildman–Crippen LogP) is 7.05. The number of carbonyl (C=O) groups is 4. The molecule has 4 N–H and O–H groups in total. The minimum Gasteiger partial charge on any atom is -0.382 e. The van der Waals surface area contributed by atoms with Gasteiger partial charge in [-0.25, -0.2) is 0 Å². The van der Waals surface area contributed by atoms with Crippen LogP contribution >= 0.6 is 0 Å². The number of rotatable bonds is 41. The summed E-state index contributed by atoms with van der Waals surface area (Å²) in [6.45, 7) is 7.76. The van der Waals surface area contributed by atoms with Gasteiger partial charge in [0.15, 0.2) is 12.6 Å². The van der Waals surface area contributed by atoms with E-state index in [1.165, 1.54) is 104 Å². The quantitative estimate of drug-likeness (QED) is 0.0455. The van der Waals surface area contributed by atoms with Crippen LogP contribution in [0, 0.1) is 5.92 Å². The Morgan fingerprint density at radius 2 is 0.942 bits per heavy atom. The summed E-state index contributed by atoms with van der Waals surface area (Å²) in [6.07, 6.45) is 17.9. The second-order valence-electron chi connectivity index (χ2n) is 19.0. The summed E-state index contributed by atoms with van der Waals surface area (Å²) < 4.78 is 53.7. The Morgan fingerprint density at radius 3 is 1.45 bits per heavy atom. The number of methoxy groups -OCH3 is 6. The van der Waals surface area contributed by atoms with E-state index in [0.29, 0.717) is 13.1 Å². The van der Waals surface area contributed by atoms with Gasteiger partial charge in [0.25, 0.3) is 0 Å². The number of unbranched alkanes of at least 4 members (excludes halogenated alkanes) is 18. The first-order valence-electron chi connectivity index (χ1n) is 26.7. The van der Waals surface area contributed by atoms with Crippen molar-refractivity contribution >= 4 is 23.6 Å². The zero-order chi connectivity index (χ0) is 50.7. The highest BCUT2D eigenvalue weighted by atomic mass is 16.8. The molecular weight excluding hydrogens is 889 g/mol. The standard InChI is InChI=1S/C52H98N4O13/c1-10-12-14-16-18-20-22-24-26-28-34-53-42(57)31-30-39(50(60)54-35-29-27-25-23-21-19-17-15-13-11-2)56-44(59)33-32-43(58)55-36-40-38(3)45(62-5)48(64-7)52(67-40)69-46-41(37-61-4)68-51(66-9)49(65-8)47(46)63-6/h38-41,45-49,51-52H,10-37H2,1-9H3,(H,53,57)(H,54,60)(H,55,58)(H,56,59)/t38-,39+,40?,41?,45+,46-,47+,48?,49?,51+,52-/m1/s1. The van der Waals surface area contributed by atoms with E-state index in [2.05, 4.69) is 35.1 Å². The average Bonchev–Trinajstić information content (AvgIpc) is 3.35. The lowest BCUT2D eigenvalue weighted by molar-refractivity contribution is -0.358. The van der Waals surface area contributed by atoms with Crippen molar-refractivity contribution in [1.29, 1.82) is 0 Å². The van der Waals surface area contributed by atoms with Crippen LogP contribution in [0.2, 0.25) is 0 Å². The van der Waals surface area contributed by atoms with Gasteiger partial charge in [0.05, 0.1) is 18.8 Å². The molecule has 0 spiro atoms. The molecule has 11 atom stereocenters. The van der Waals surface area contributed by atoms with Crippen LogP contribution in [-0.4, -0.2) is 154 Å². The lowest BCUT2D eigenvalue weighted by Gasteiger charge is -2.49. The third kappa shape index (κ3) is 24.7. The molecule has 404 valence electrons. The zero-order valence-corrected chi connectivity index (χ0v) is 44.5. The molecule has 4 unspecified atom stereocenters. The second kappa shape index (κ2) is 39.1. The largest absolute Gasteiger partial charge is 0.382 e. The zero-order valence-electron chi connectivity index (χ0n) is 44.5. The molecular formula is C52H98N4O13. The summed E-state index contributed by atoms with van der Waals surface area (Å²) in [5.74, 6) is -1.54. The van der Waals surface area contributed by atoms with E-state index in [9.17, 15) is 19.2 Å². The topological polar surface area (TPSA) is 199 Å². The van der Waals surface area contributed by atoms with Crippen LogP contribution in [0.3, 0.4) is 0 Å². The predicted molar refractivity (Wildman–Crippen MR) is 267 cm³/mol. The minimum absolute atomic E-state index is 0.0960. The van der Waals surface area contributed by atoms with E-state index >= 15 is 0 Å². The molecule has 0 aromatic heterocycles. The fourth-order valence-corrected chi connectivity index (χ4v) is 9.40. The van der Waals surface area contributed by atoms with Crippen LogP contribution in [0.1, 0.15) is 175 Å². The first-order valence-corrected chi connectivity index (χ1v) is 26.7. The molecule has 2 rings (SSSR count). The van der Waals surface area contributed by atoms with Crippen LogP contribution < -0.4 is 21.3 Å². The SMILES string of the molecule is CCCCCCCCCCCCNC(=O)CC[C@H](NC(=O)CCC(=O)NCC1O[C@H](O[C@@H]2C(COC)O[C@H](OC)C(OC)[C@H]2OC)C(OC)[C@@H](OC)[C@@H]1C)C(=O)NCCCCCCCCCCCC. The van der Waals surface area contributed by atoms with Crippen molar-refractivity contribution in [2.45, 2.75) is 236 Å². The van der Waals surface area contributed by atoms with E-state index in [-0.39, 0.29) is 62.5 Å². The number of amides is 4. The lowest BCUT2D eigenvalue weighted by Crippen LogP contribution is -2.65. The van der Waals surface area contributed by atoms with Crippen molar-refractivity contribution in [3.05, 3.63) is 0 Å². The normalized spacial score (nSPS) is 25.2. The van der Waals surface area contributed by atoms with Crippen molar-refractivity contribution in [3.63, 3.8) is 0 Å². The molecule has 0 aliphatic carbocycles. The Morgan fingerprint density at radius 1 is 0.478 bits per heavy atom. The highest BCUT2D eigenvalue weighted by molar-refractivity contribution is 5.89. The molecule has 2 aliphatic rings. The van der Waals surface area contributed by atoms with Crippen molar-refractivity contribution in [2.24, 2.45) is 5.92 Å². The Balaban J connectivity index is 1.96. The number of hydrogen-bond donors (Lipinski definition) is 4. The summed E-state index contributed by atoms with van der Waals surface area (Å²) in [6, 6.07) is -0.907. The number of nitrogens with one attached hydrogen (secondary N) is 4. The molecule has 17 heteroatoms. The fourth-order valence-electron chi connectivity index (χ4n) is 9.40. The average molecular weight is 987 g/mol. The molecule has 2 aliphatic heterocycles. The van der Waals surface area contributed by atoms with Crippen molar-refractivity contribution < 1.29 is 61.8 Å². The van der Waals surface area contributed by atoms with Crippen LogP contribution in [0.5, 0.6) is 0 Å². The van der Waals surface area contributed by atoms with Crippen LogP contribution in [0.15, 0.2) is 0 Å². The van der Waals surface area contributed by atoms with Gasteiger partial charge >= 0.3 is 0 Å². The van der Waals surface area contributed by atoms with Gasteiger partial charge in [0.2, 0.25) is 23.6 Å². The van der Waals surface area contributed by atoms with Gasteiger partial charge in [-0.15, -0.1) is 0 Å². The molecule has 0 bridgehead atoms. The molecule has 2 fully saturated rings. The maximum Gasteiger partial charge on any atom is 0.242 e. The third-order valence-electron chi connectivity index (χ3n) is 13.6. The highest BCUT2D eigenvalue weighted by Crippen LogP contribution is 2.35. The van der Waals surface area contributed by atoms with E-state index in [0.717, 1.165) is 38.5 Å². The van der Waals surface area contributed by atoms with Crippen LogP contribution in [0.25, 0.3) is 0 Å². The molecule has 0 radical (unpaired) electrons. The van der Waals surface area contributed by atoms with Crippen molar-refractivity contribution in [3.8, 4) is 0 Å². The lowest BCUT2D eigenvalue weighted by atomic mass is 9.89. The second-order valence-corrected chi connectivity index (χ2v) is 19.0. The monoisotopic (exact) mass is 987 g/mol. The van der Waals surface area contributed by atoms with Crippen LogP contribution in [0.4, 0.5) is 0 Å². The molecule has 17 nitrogen and oxygen atoms in total. The Kier molecular flexibility index (Phi) is 35.5. The molecule has 2 saturated heterocycles. The molecule has 69 heavy (non-hydrogen) atoms. The summed E-state index contributed by atoms with van der Waals surface area (Å²) in [5.41, 5.74) is 0. The summed E-state index contributed by atoms with van der Waals surface area (Å²) in [7, 11) is 9.31. The fraction of sp³-hybridized carbons (Fsp3) is 0.923. The van der Waals surface area contributed by atoms with Gasteiger partial charge in [-0.05, 0) is 19.3 Å². The van der Waals surface area contributed by atoms with E-state index in [1.54, 1.807) is 28.4 Å². The molecule has 0 aromatic rings. The summed E-state index contributed by atoms with van der Waals surface area (Å²) >= 11 is 0. The van der Waals surface area contributed by atoms with E-state index in [4.69, 9.17) is 42.6 Å².